The van der Waals surface area contributed by atoms with E-state index in [0.29, 0.717) is 0 Å². The fourth-order valence-corrected chi connectivity index (χ4v) is 1.60. The summed E-state index contributed by atoms with van der Waals surface area (Å²) in [5, 5.41) is 18.0. The quantitative estimate of drug-likeness (QED) is 0.640. The molecule has 19 heavy (non-hydrogen) atoms. The molecule has 1 aromatic carbocycles. The van der Waals surface area contributed by atoms with Crippen molar-refractivity contribution in [1.29, 1.82) is 0 Å². The first kappa shape index (κ1) is 14.9. The van der Waals surface area contributed by atoms with Crippen molar-refractivity contribution < 1.29 is 24.2 Å². The predicted molar refractivity (Wildman–Crippen MR) is 66.8 cm³/mol. The molecule has 0 saturated carbocycles. The van der Waals surface area contributed by atoms with E-state index in [-0.39, 0.29) is 5.82 Å². The van der Waals surface area contributed by atoms with Crippen LogP contribution in [0.15, 0.2) is 24.3 Å². The Morgan fingerprint density at radius 2 is 1.74 bits per heavy atom. The predicted octanol–water partition coefficient (Wildman–Crippen LogP) is 0.391. The van der Waals surface area contributed by atoms with Crippen molar-refractivity contribution in [2.45, 2.75) is 0 Å². The van der Waals surface area contributed by atoms with Crippen molar-refractivity contribution in [3.63, 3.8) is 0 Å². The summed E-state index contributed by atoms with van der Waals surface area (Å²) in [4.78, 5) is 20.4. The van der Waals surface area contributed by atoms with Gasteiger partial charge in [-0.25, -0.2) is 14.0 Å². The number of aliphatic carboxylic acids is 2. The van der Waals surface area contributed by atoms with Crippen LogP contribution in [-0.4, -0.2) is 48.3 Å². The molecule has 0 bridgehead atoms. The number of carboxylic acid groups (broad SMARTS) is 2. The summed E-state index contributed by atoms with van der Waals surface area (Å²) in [6.45, 7) is 3.89. The van der Waals surface area contributed by atoms with E-state index >= 15 is 0 Å². The monoisotopic (exact) mass is 270 g/mol. The molecular formula is C12H15FN2O4. The van der Waals surface area contributed by atoms with Gasteiger partial charge >= 0.3 is 11.9 Å². The van der Waals surface area contributed by atoms with Crippen LogP contribution in [-0.2, 0) is 9.59 Å². The zero-order chi connectivity index (χ0) is 14.3. The Hall–Kier alpha value is -2.15. The Morgan fingerprint density at radius 1 is 1.16 bits per heavy atom. The molecule has 1 heterocycles. The molecule has 1 aliphatic heterocycles. The molecule has 6 nitrogen and oxygen atoms in total. The molecule has 0 amide bonds. The Balaban J connectivity index is 0.000000258. The van der Waals surface area contributed by atoms with Crippen LogP contribution in [0.3, 0.4) is 0 Å². The summed E-state index contributed by atoms with van der Waals surface area (Å²) in [7, 11) is 0. The third kappa shape index (κ3) is 5.35. The molecule has 0 radical (unpaired) electrons. The number of piperazine rings is 1. The summed E-state index contributed by atoms with van der Waals surface area (Å²) in [6.07, 6.45) is 0. The molecule has 104 valence electrons. The maximum Gasteiger partial charge on any atom is 0.414 e. The third-order valence-electron chi connectivity index (χ3n) is 2.47. The molecule has 0 spiro atoms. The second-order valence-electron chi connectivity index (χ2n) is 3.83. The zero-order valence-electron chi connectivity index (χ0n) is 10.2. The lowest BCUT2D eigenvalue weighted by Crippen LogP contribution is -2.43. The summed E-state index contributed by atoms with van der Waals surface area (Å²) in [6, 6.07) is 6.78. The van der Waals surface area contributed by atoms with Crippen LogP contribution in [0, 0.1) is 5.82 Å². The van der Waals surface area contributed by atoms with Crippen molar-refractivity contribution >= 4 is 17.6 Å². The number of hydrogen-bond donors (Lipinski definition) is 3. The molecule has 1 saturated heterocycles. The molecule has 2 rings (SSSR count). The van der Waals surface area contributed by atoms with Crippen LogP contribution in [0.2, 0.25) is 0 Å². The van der Waals surface area contributed by atoms with Crippen molar-refractivity contribution in [2.24, 2.45) is 0 Å². The largest absolute Gasteiger partial charge is 0.473 e. The van der Waals surface area contributed by atoms with Gasteiger partial charge in [0, 0.05) is 31.9 Å². The average Bonchev–Trinajstić information content (AvgIpc) is 2.40. The number of anilines is 1. The molecule has 0 unspecified atom stereocenters. The number of rotatable bonds is 1. The highest BCUT2D eigenvalue weighted by Crippen LogP contribution is 2.15. The standard InChI is InChI=1S/C10H13FN2.C2H2O4/c11-9-2-1-3-10(8-9)13-6-4-12-5-7-13;3-1(4)2(5)6/h1-3,8,12H,4-7H2;(H,3,4)(H,5,6). The minimum atomic E-state index is -1.82. The zero-order valence-corrected chi connectivity index (χ0v) is 10.2. The van der Waals surface area contributed by atoms with Crippen LogP contribution in [0.4, 0.5) is 10.1 Å². The van der Waals surface area contributed by atoms with Crippen LogP contribution in [0.1, 0.15) is 0 Å². The average molecular weight is 270 g/mol. The van der Waals surface area contributed by atoms with Gasteiger partial charge in [0.2, 0.25) is 0 Å². The van der Waals surface area contributed by atoms with E-state index in [1.54, 1.807) is 12.1 Å². The summed E-state index contributed by atoms with van der Waals surface area (Å²) in [5.74, 6) is -3.80. The van der Waals surface area contributed by atoms with Gasteiger partial charge in [0.1, 0.15) is 5.82 Å². The van der Waals surface area contributed by atoms with Crippen LogP contribution in [0.25, 0.3) is 0 Å². The van der Waals surface area contributed by atoms with Gasteiger partial charge in [-0.3, -0.25) is 0 Å². The van der Waals surface area contributed by atoms with Crippen molar-refractivity contribution in [2.75, 3.05) is 31.1 Å². The lowest BCUT2D eigenvalue weighted by Gasteiger charge is -2.29. The fourth-order valence-electron chi connectivity index (χ4n) is 1.60. The highest BCUT2D eigenvalue weighted by molar-refractivity contribution is 6.27. The molecular weight excluding hydrogens is 255 g/mol. The first-order chi connectivity index (χ1) is 9.00. The lowest BCUT2D eigenvalue weighted by molar-refractivity contribution is -0.159. The number of nitrogens with zero attached hydrogens (tertiary/aromatic N) is 1. The van der Waals surface area contributed by atoms with Crippen molar-refractivity contribution in [3.8, 4) is 0 Å². The maximum absolute atomic E-state index is 12.9. The number of nitrogens with one attached hydrogen (secondary N) is 1. The number of benzene rings is 1. The van der Waals surface area contributed by atoms with Crippen LogP contribution in [0.5, 0.6) is 0 Å². The first-order valence-corrected chi connectivity index (χ1v) is 5.68. The van der Waals surface area contributed by atoms with Gasteiger partial charge in [0.15, 0.2) is 0 Å². The third-order valence-corrected chi connectivity index (χ3v) is 2.47. The Labute approximate surface area is 109 Å². The number of carboxylic acids is 2. The van der Waals surface area contributed by atoms with E-state index in [2.05, 4.69) is 10.2 Å². The van der Waals surface area contributed by atoms with Gasteiger partial charge < -0.3 is 20.4 Å². The van der Waals surface area contributed by atoms with E-state index in [4.69, 9.17) is 19.8 Å². The van der Waals surface area contributed by atoms with Gasteiger partial charge in [-0.15, -0.1) is 0 Å². The Kier molecular flexibility index (Phi) is 5.74. The molecule has 3 N–H and O–H groups in total. The van der Waals surface area contributed by atoms with Crippen LogP contribution >= 0.6 is 0 Å². The van der Waals surface area contributed by atoms with E-state index in [9.17, 15) is 4.39 Å². The van der Waals surface area contributed by atoms with E-state index in [1.165, 1.54) is 6.07 Å². The Bertz CT molecular complexity index is 435. The second-order valence-corrected chi connectivity index (χ2v) is 3.83. The van der Waals surface area contributed by atoms with Gasteiger partial charge in [-0.2, -0.15) is 0 Å². The fraction of sp³-hybridized carbons (Fsp3) is 0.333. The molecule has 1 aromatic rings. The minimum absolute atomic E-state index is 0.156. The maximum atomic E-state index is 12.9. The molecule has 7 heteroatoms. The molecule has 1 aliphatic rings. The van der Waals surface area contributed by atoms with Crippen LogP contribution < -0.4 is 10.2 Å². The van der Waals surface area contributed by atoms with Gasteiger partial charge in [-0.1, -0.05) is 6.07 Å². The number of carbonyl (C=O) groups is 2. The highest BCUT2D eigenvalue weighted by Gasteiger charge is 2.09. The minimum Gasteiger partial charge on any atom is -0.473 e. The van der Waals surface area contributed by atoms with E-state index in [0.717, 1.165) is 31.9 Å². The van der Waals surface area contributed by atoms with Gasteiger partial charge in [0.25, 0.3) is 0 Å². The highest BCUT2D eigenvalue weighted by atomic mass is 19.1. The summed E-state index contributed by atoms with van der Waals surface area (Å²) >= 11 is 0. The Morgan fingerprint density at radius 3 is 2.21 bits per heavy atom. The molecule has 0 aliphatic carbocycles. The normalized spacial score (nSPS) is 14.3. The SMILES string of the molecule is Fc1cccc(N2CCNCC2)c1.O=C(O)C(=O)O. The summed E-state index contributed by atoms with van der Waals surface area (Å²) in [5.41, 5.74) is 0.988. The molecule has 0 aromatic heterocycles. The van der Waals surface area contributed by atoms with E-state index in [1.807, 2.05) is 6.07 Å². The number of hydrogen-bond acceptors (Lipinski definition) is 4. The van der Waals surface area contributed by atoms with Gasteiger partial charge in [0.05, 0.1) is 0 Å². The molecule has 0 atom stereocenters. The summed E-state index contributed by atoms with van der Waals surface area (Å²) < 4.78 is 12.9. The molecule has 1 fully saturated rings. The van der Waals surface area contributed by atoms with Gasteiger partial charge in [-0.05, 0) is 18.2 Å². The van der Waals surface area contributed by atoms with E-state index < -0.39 is 11.9 Å². The van der Waals surface area contributed by atoms with Crippen molar-refractivity contribution in [3.05, 3.63) is 30.1 Å². The number of halogens is 1. The topological polar surface area (TPSA) is 89.9 Å². The van der Waals surface area contributed by atoms with Crippen molar-refractivity contribution in [1.82, 2.24) is 5.32 Å². The second kappa shape index (κ2) is 7.32. The lowest BCUT2D eigenvalue weighted by atomic mass is 10.2. The smallest absolute Gasteiger partial charge is 0.414 e. The first-order valence-electron chi connectivity index (χ1n) is 5.68.